The van der Waals surface area contributed by atoms with Gasteiger partial charge in [0.1, 0.15) is 22.8 Å². The fourth-order valence-electron chi connectivity index (χ4n) is 11.5. The van der Waals surface area contributed by atoms with Crippen molar-refractivity contribution < 1.29 is 17.9 Å². The highest BCUT2D eigenvalue weighted by Gasteiger charge is 2.45. The zero-order valence-corrected chi connectivity index (χ0v) is 48.0. The Balaban J connectivity index is 1.01. The van der Waals surface area contributed by atoms with Crippen LogP contribution in [0.15, 0.2) is 265 Å². The number of fused-ring (bicyclic) bond motifs is 3. The average Bonchev–Trinajstić information content (AvgIpc) is 3.99. The minimum Gasteiger partial charge on any atom is -0.488 e. The number of anilines is 6. The Labute approximate surface area is 479 Å². The summed E-state index contributed by atoms with van der Waals surface area (Å²) in [7, 11) is -3.78. The van der Waals surface area contributed by atoms with E-state index in [0.29, 0.717) is 23.7 Å². The van der Waals surface area contributed by atoms with Crippen molar-refractivity contribution in [3.05, 3.63) is 283 Å². The van der Waals surface area contributed by atoms with E-state index in [1.54, 1.807) is 48.5 Å². The number of rotatable bonds is 20. The van der Waals surface area contributed by atoms with Gasteiger partial charge in [-0.3, -0.25) is 0 Å². The quantitative estimate of drug-likeness (QED) is 0.0758. The molecule has 0 aliphatic heterocycles. The van der Waals surface area contributed by atoms with E-state index >= 15 is 0 Å². The van der Waals surface area contributed by atoms with Gasteiger partial charge in [0.25, 0.3) is 0 Å². The summed E-state index contributed by atoms with van der Waals surface area (Å²) in [6.07, 6.45) is 4.38. The van der Waals surface area contributed by atoms with Gasteiger partial charge in [-0.2, -0.15) is 0 Å². The smallest absolute Gasteiger partial charge is 0.206 e. The Morgan fingerprint density at radius 2 is 0.753 bits per heavy atom. The van der Waals surface area contributed by atoms with Crippen molar-refractivity contribution in [2.45, 2.75) is 99.9 Å². The fraction of sp³-hybridized carbons (Fsp3) is 0.189. The molecule has 11 rings (SSSR count). The standard InChI is InChI=1S/C74H70N2O4S/c1-7-72(4,5)80-65-42-46-67(47-43-65)81(77,78)66-44-40-64(41-45-66)79-63-38-32-55(33-39-63)53-74(52-54-30-34-56(35-31-54)73(6,8-2)9-3)70-50-61(75(57-22-14-10-15-23-57)58-24-16-11-17-25-58)36-48-68(70)69-49-37-62(51-71(69)74)76(59-26-18-12-19-27-59)60-28-20-13-21-29-60/h10-51H,7-9,52-53H2,1-6H3. The first kappa shape index (κ1) is 54.3. The van der Waals surface area contributed by atoms with Crippen LogP contribution in [0, 0.1) is 0 Å². The lowest BCUT2D eigenvalue weighted by molar-refractivity contribution is 0.105. The van der Waals surface area contributed by atoms with E-state index in [2.05, 4.69) is 232 Å². The third kappa shape index (κ3) is 11.2. The van der Waals surface area contributed by atoms with Gasteiger partial charge < -0.3 is 19.3 Å². The maximum absolute atomic E-state index is 13.8. The van der Waals surface area contributed by atoms with E-state index in [1.165, 1.54) is 33.4 Å². The highest BCUT2D eigenvalue weighted by atomic mass is 32.2. The highest BCUT2D eigenvalue weighted by molar-refractivity contribution is 7.91. The average molecular weight is 1080 g/mol. The molecule has 0 saturated heterocycles. The lowest BCUT2D eigenvalue weighted by Gasteiger charge is -2.35. The summed E-state index contributed by atoms with van der Waals surface area (Å²) in [4.78, 5) is 5.13. The van der Waals surface area contributed by atoms with Crippen LogP contribution in [-0.4, -0.2) is 14.0 Å². The summed E-state index contributed by atoms with van der Waals surface area (Å²) in [5.74, 6) is 1.82. The van der Waals surface area contributed by atoms with Crippen LogP contribution >= 0.6 is 0 Å². The van der Waals surface area contributed by atoms with Crippen molar-refractivity contribution in [1.29, 1.82) is 0 Å². The number of hydrogen-bond acceptors (Lipinski definition) is 6. The molecule has 0 N–H and O–H groups in total. The van der Waals surface area contributed by atoms with Gasteiger partial charge in [0.05, 0.1) is 9.79 Å². The topological polar surface area (TPSA) is 59.1 Å². The van der Waals surface area contributed by atoms with Gasteiger partial charge in [0, 0.05) is 39.5 Å². The van der Waals surface area contributed by atoms with E-state index in [1.807, 2.05) is 26.0 Å². The van der Waals surface area contributed by atoms with Gasteiger partial charge in [-0.25, -0.2) is 8.42 Å². The Bertz CT molecular complexity index is 3640. The monoisotopic (exact) mass is 1080 g/mol. The van der Waals surface area contributed by atoms with E-state index < -0.39 is 15.3 Å². The van der Waals surface area contributed by atoms with Gasteiger partial charge in [0.15, 0.2) is 0 Å². The van der Waals surface area contributed by atoms with E-state index in [9.17, 15) is 8.42 Å². The summed E-state index contributed by atoms with van der Waals surface area (Å²) >= 11 is 0. The SMILES string of the molecule is CCC(C)(C)Oc1ccc(S(=O)(=O)c2ccc(Oc3ccc(CC4(Cc5ccc(C(C)(CC)CC)cc5)c5cc(N(c6ccccc6)c6ccccc6)ccc5-c5ccc(N(c6ccccc6)c6ccccc6)cc54)cc3)cc2)cc1. The lowest BCUT2D eigenvalue weighted by Crippen LogP contribution is -2.31. The van der Waals surface area contributed by atoms with Gasteiger partial charge in [-0.15, -0.1) is 0 Å². The molecule has 0 bridgehead atoms. The molecule has 81 heavy (non-hydrogen) atoms. The van der Waals surface area contributed by atoms with E-state index in [-0.39, 0.29) is 20.8 Å². The second kappa shape index (κ2) is 22.8. The van der Waals surface area contributed by atoms with Crippen molar-refractivity contribution in [2.75, 3.05) is 9.80 Å². The molecule has 0 saturated carbocycles. The largest absolute Gasteiger partial charge is 0.488 e. The second-order valence-corrected chi connectivity index (χ2v) is 24.2. The number of sulfone groups is 1. The minimum atomic E-state index is -3.78. The number of ether oxygens (including phenoxy) is 2. The Kier molecular flexibility index (Phi) is 15.3. The highest BCUT2D eigenvalue weighted by Crippen LogP contribution is 2.56. The summed E-state index contributed by atoms with van der Waals surface area (Å²) in [5.41, 5.74) is 14.4. The van der Waals surface area contributed by atoms with Crippen LogP contribution in [0.25, 0.3) is 11.1 Å². The first-order chi connectivity index (χ1) is 39.3. The van der Waals surface area contributed by atoms with Gasteiger partial charge >= 0.3 is 0 Å². The lowest BCUT2D eigenvalue weighted by atomic mass is 9.69. The molecule has 0 unspecified atom stereocenters. The molecule has 0 heterocycles. The zero-order chi connectivity index (χ0) is 56.2. The van der Waals surface area contributed by atoms with Crippen LogP contribution in [0.3, 0.4) is 0 Å². The zero-order valence-electron chi connectivity index (χ0n) is 47.2. The molecule has 10 aromatic rings. The number of benzene rings is 10. The second-order valence-electron chi connectivity index (χ2n) is 22.3. The van der Waals surface area contributed by atoms with Crippen LogP contribution in [0.4, 0.5) is 34.1 Å². The maximum Gasteiger partial charge on any atom is 0.206 e. The molecule has 0 aromatic heterocycles. The molecule has 10 aromatic carbocycles. The maximum atomic E-state index is 13.8. The Morgan fingerprint density at radius 1 is 0.395 bits per heavy atom. The van der Waals surface area contributed by atoms with Gasteiger partial charge in [-0.05, 0) is 224 Å². The molecule has 0 fully saturated rings. The summed E-state index contributed by atoms with van der Waals surface area (Å²) in [6.45, 7) is 13.1. The van der Waals surface area contributed by atoms with Crippen molar-refractivity contribution in [3.8, 4) is 28.4 Å². The molecule has 1 aliphatic carbocycles. The van der Waals surface area contributed by atoms with Gasteiger partial charge in [-0.1, -0.05) is 149 Å². The molecular formula is C74H70N2O4S. The molecule has 1 aliphatic rings. The van der Waals surface area contributed by atoms with Crippen molar-refractivity contribution in [1.82, 2.24) is 0 Å². The first-order valence-corrected chi connectivity index (χ1v) is 29.9. The van der Waals surface area contributed by atoms with Crippen LogP contribution in [0.2, 0.25) is 0 Å². The molecule has 0 atom stereocenters. The number of hydrogen-bond donors (Lipinski definition) is 0. The third-order valence-corrected chi connectivity index (χ3v) is 18.6. The van der Waals surface area contributed by atoms with Crippen LogP contribution in [0.1, 0.15) is 88.6 Å². The molecule has 406 valence electrons. The minimum absolute atomic E-state index is 0.0848. The molecule has 0 radical (unpaired) electrons. The Hall–Kier alpha value is -8.65. The van der Waals surface area contributed by atoms with Crippen molar-refractivity contribution in [2.24, 2.45) is 0 Å². The molecule has 6 nitrogen and oxygen atoms in total. The van der Waals surface area contributed by atoms with Crippen LogP contribution in [-0.2, 0) is 33.5 Å². The summed E-state index contributed by atoms with van der Waals surface area (Å²) in [5, 5.41) is 0. The van der Waals surface area contributed by atoms with Crippen molar-refractivity contribution >= 4 is 44.0 Å². The molecule has 7 heteroatoms. The Morgan fingerprint density at radius 3 is 1.12 bits per heavy atom. The molecular weight excluding hydrogens is 1010 g/mol. The predicted molar refractivity (Wildman–Crippen MR) is 334 cm³/mol. The van der Waals surface area contributed by atoms with E-state index in [0.717, 1.165) is 65.4 Å². The predicted octanol–water partition coefficient (Wildman–Crippen LogP) is 19.6. The number of nitrogens with zero attached hydrogens (tertiary/aromatic N) is 2. The first-order valence-electron chi connectivity index (χ1n) is 28.4. The third-order valence-electron chi connectivity index (χ3n) is 16.8. The summed E-state index contributed by atoms with van der Waals surface area (Å²) in [6, 6.07) is 88.0. The fourth-order valence-corrected chi connectivity index (χ4v) is 12.7. The summed E-state index contributed by atoms with van der Waals surface area (Å²) < 4.78 is 40.1. The molecule has 0 amide bonds. The van der Waals surface area contributed by atoms with E-state index in [4.69, 9.17) is 9.47 Å². The number of para-hydroxylation sites is 4. The van der Waals surface area contributed by atoms with Crippen LogP contribution in [0.5, 0.6) is 17.2 Å². The normalized spacial score (nSPS) is 12.8. The van der Waals surface area contributed by atoms with Gasteiger partial charge in [0.2, 0.25) is 9.84 Å². The van der Waals surface area contributed by atoms with Crippen molar-refractivity contribution in [3.63, 3.8) is 0 Å². The molecule has 0 spiro atoms. The van der Waals surface area contributed by atoms with Crippen LogP contribution < -0.4 is 19.3 Å².